The molecule has 3 aliphatic rings. The fourth-order valence-electron chi connectivity index (χ4n) is 10.2. The van der Waals surface area contributed by atoms with E-state index in [-0.39, 0.29) is 48.7 Å². The zero-order valence-corrected chi connectivity index (χ0v) is 40.0. The predicted molar refractivity (Wildman–Crippen MR) is 259 cm³/mol. The van der Waals surface area contributed by atoms with E-state index < -0.39 is 96.5 Å². The molecule has 8 N–H and O–H groups in total. The molecule has 0 saturated carbocycles. The summed E-state index contributed by atoms with van der Waals surface area (Å²) in [6.45, 7) is -1.66. The van der Waals surface area contributed by atoms with Crippen molar-refractivity contribution in [1.29, 1.82) is 0 Å². The van der Waals surface area contributed by atoms with Gasteiger partial charge in [-0.15, -0.1) is 0 Å². The van der Waals surface area contributed by atoms with Crippen molar-refractivity contribution in [3.63, 3.8) is 0 Å². The molecule has 378 valence electrons. The van der Waals surface area contributed by atoms with E-state index in [2.05, 4.69) is 86.7 Å². The van der Waals surface area contributed by atoms with Gasteiger partial charge in [-0.1, -0.05) is 66.7 Å². The van der Waals surface area contributed by atoms with Crippen LogP contribution in [0, 0.1) is 0 Å². The quantitative estimate of drug-likeness (QED) is 0.0285. The van der Waals surface area contributed by atoms with Gasteiger partial charge in [0.2, 0.25) is 0 Å². The number of anilines is 2. The van der Waals surface area contributed by atoms with E-state index in [1.165, 1.54) is 67.2 Å². The van der Waals surface area contributed by atoms with Crippen molar-refractivity contribution in [2.24, 2.45) is 0 Å². The third-order valence-electron chi connectivity index (χ3n) is 13.5. The Morgan fingerprint density at radius 2 is 1.35 bits per heavy atom. The van der Waals surface area contributed by atoms with Gasteiger partial charge >= 0.3 is 21.3 Å². The van der Waals surface area contributed by atoms with Crippen molar-refractivity contribution in [2.45, 2.75) is 87.5 Å². The fraction of sp³-hybridized carbons (Fsp3) is 0.383. The first-order valence-corrected chi connectivity index (χ1v) is 26.2. The molecule has 0 spiro atoms. The van der Waals surface area contributed by atoms with Gasteiger partial charge < -0.3 is 50.4 Å². The molecule has 0 amide bonds. The Morgan fingerprint density at radius 1 is 0.708 bits per heavy atom. The van der Waals surface area contributed by atoms with Gasteiger partial charge in [0.05, 0.1) is 32.8 Å². The summed E-state index contributed by atoms with van der Waals surface area (Å²) in [4.78, 5) is 48.7. The molecule has 3 saturated heterocycles. The number of hydrogen-bond donors (Lipinski definition) is 6. The minimum absolute atomic E-state index is 0.0275. The maximum absolute atomic E-state index is 15.1. The number of ether oxygens (including phenoxy) is 4. The number of fused-ring (bicyclic) bond motifs is 3. The summed E-state index contributed by atoms with van der Waals surface area (Å²) in [6, 6.07) is 24.9. The van der Waals surface area contributed by atoms with Gasteiger partial charge in [-0.2, -0.15) is 4.98 Å². The second-order valence-corrected chi connectivity index (χ2v) is 20.7. The lowest BCUT2D eigenvalue weighted by atomic mass is 9.88. The van der Waals surface area contributed by atoms with Crippen molar-refractivity contribution < 1.29 is 66.2 Å². The Kier molecular flexibility index (Phi) is 13.3. The Balaban J connectivity index is 0.808. The molecule has 1 unspecified atom stereocenters. The van der Waals surface area contributed by atoms with Gasteiger partial charge in [0.1, 0.15) is 66.7 Å². The highest BCUT2D eigenvalue weighted by Crippen LogP contribution is 2.56. The lowest BCUT2D eigenvalue weighted by Crippen LogP contribution is -2.33. The number of imidazole rings is 1. The van der Waals surface area contributed by atoms with Crippen molar-refractivity contribution >= 4 is 81.5 Å². The zero-order valence-electron chi connectivity index (χ0n) is 38.2. The maximum Gasteiger partial charge on any atom is 0.475 e. The molecule has 0 aliphatic carbocycles. The van der Waals surface area contributed by atoms with Crippen molar-refractivity contribution in [2.75, 3.05) is 37.9 Å². The minimum atomic E-state index is -5.14. The van der Waals surface area contributed by atoms with Crippen LogP contribution in [0.1, 0.15) is 43.7 Å². The molecular weight excluding hydrogens is 979 g/mol. The minimum Gasteiger partial charge on any atom is -0.394 e. The highest BCUT2D eigenvalue weighted by Gasteiger charge is 2.49. The SMILES string of the molecule is Nc1ccn([C@H]2C[C@H](OP(=O)(OC[C@H]3O[C@@H](n4cnc5c(N)ncnc54)C[C@@H]3OP(=O)(O)O)O[C@H]3C[C@H](OCCCc4ccc5c6cccc7cccc(c8cccc4c85)c76)O[C@@H]3CO)[C@@H](CO)O2)c(=O)n1. The molecule has 10 atom stereocenters. The number of aliphatic hydroxyl groups is 2. The maximum atomic E-state index is 15.1. The molecule has 11 rings (SSSR count). The van der Waals surface area contributed by atoms with Crippen LogP contribution in [0.15, 0.2) is 96.4 Å². The summed E-state index contributed by atoms with van der Waals surface area (Å²) in [5.41, 5.74) is 12.6. The Morgan fingerprint density at radius 3 is 2.07 bits per heavy atom. The average molecular weight is 1030 g/mol. The summed E-state index contributed by atoms with van der Waals surface area (Å²) in [6.07, 6.45) is -5.38. The van der Waals surface area contributed by atoms with Crippen LogP contribution >= 0.6 is 15.6 Å². The van der Waals surface area contributed by atoms with Gasteiger partial charge in [0, 0.05) is 25.5 Å². The van der Waals surface area contributed by atoms with Crippen molar-refractivity contribution in [1.82, 2.24) is 29.1 Å². The van der Waals surface area contributed by atoms with Crippen molar-refractivity contribution in [3.8, 4) is 0 Å². The van der Waals surface area contributed by atoms with Crippen LogP contribution in [0.2, 0.25) is 0 Å². The topological polar surface area (TPSA) is 319 Å². The number of aliphatic hydroxyl groups excluding tert-OH is 2. The number of rotatable bonds is 18. The lowest BCUT2D eigenvalue weighted by molar-refractivity contribution is -0.143. The van der Waals surface area contributed by atoms with Crippen LogP contribution < -0.4 is 17.2 Å². The predicted octanol–water partition coefficient (Wildman–Crippen LogP) is 5.00. The van der Waals surface area contributed by atoms with Gasteiger partial charge in [0.25, 0.3) is 0 Å². The first kappa shape index (κ1) is 48.7. The van der Waals surface area contributed by atoms with Crippen LogP contribution in [0.3, 0.4) is 0 Å². The summed E-state index contributed by atoms with van der Waals surface area (Å²) < 4.78 is 77.7. The van der Waals surface area contributed by atoms with E-state index in [9.17, 15) is 29.4 Å². The summed E-state index contributed by atoms with van der Waals surface area (Å²) in [5.74, 6) is 0.0608. The lowest BCUT2D eigenvalue weighted by Gasteiger charge is -2.28. The molecule has 23 nitrogen and oxygen atoms in total. The number of aromatic nitrogens is 6. The molecule has 0 bridgehead atoms. The molecule has 3 fully saturated rings. The highest BCUT2D eigenvalue weighted by molar-refractivity contribution is 7.48. The summed E-state index contributed by atoms with van der Waals surface area (Å²) >= 11 is 0. The zero-order chi connectivity index (χ0) is 49.9. The number of nitrogen functional groups attached to an aromatic ring is 2. The van der Waals surface area contributed by atoms with E-state index in [4.69, 9.17) is 48.5 Å². The Labute approximate surface area is 408 Å². The third-order valence-corrected chi connectivity index (χ3v) is 15.5. The van der Waals surface area contributed by atoms with E-state index in [1.807, 2.05) is 0 Å². The summed E-state index contributed by atoms with van der Waals surface area (Å²) in [5, 5.41) is 30.5. The monoisotopic (exact) mass is 1030 g/mol. The smallest absolute Gasteiger partial charge is 0.394 e. The molecule has 72 heavy (non-hydrogen) atoms. The largest absolute Gasteiger partial charge is 0.475 e. The van der Waals surface area contributed by atoms with Crippen LogP contribution in [-0.2, 0) is 52.6 Å². The summed E-state index contributed by atoms with van der Waals surface area (Å²) in [7, 11) is -10.1. The first-order chi connectivity index (χ1) is 34.8. The second-order valence-electron chi connectivity index (χ2n) is 17.9. The number of aryl methyl sites for hydroxylation is 1. The third kappa shape index (κ3) is 9.47. The fourth-order valence-corrected chi connectivity index (χ4v) is 12.4. The number of hydrogen-bond acceptors (Lipinski definition) is 19. The Hall–Kier alpha value is -5.59. The number of benzene rings is 5. The number of nitrogens with zero attached hydrogens (tertiary/aromatic N) is 6. The Bertz CT molecular complexity index is 3400. The first-order valence-electron chi connectivity index (χ1n) is 23.3. The van der Waals surface area contributed by atoms with Crippen LogP contribution in [0.4, 0.5) is 11.6 Å². The van der Waals surface area contributed by atoms with E-state index in [0.29, 0.717) is 12.8 Å². The highest BCUT2D eigenvalue weighted by atomic mass is 31.2. The molecule has 8 aromatic rings. The number of nitrogens with two attached hydrogens (primary N) is 2. The normalized spacial score (nSPS) is 25.8. The van der Waals surface area contributed by atoms with Crippen molar-refractivity contribution in [3.05, 3.63) is 108 Å². The van der Waals surface area contributed by atoms with E-state index in [0.717, 1.165) is 15.5 Å². The number of phosphoric acid groups is 2. The molecule has 3 aliphatic heterocycles. The molecular formula is C47H50N8O15P2. The van der Waals surface area contributed by atoms with Gasteiger partial charge in [0.15, 0.2) is 17.8 Å². The molecule has 3 aromatic heterocycles. The standard InChI is InChI=1S/C47H50N8O15P2/c48-38-14-15-54(47(58)53-38)39-17-32(35(20-56)65-39)69-72(62,64-22-37-33(68-71(59,60)61)18-40(66-37)55-24-52-44-45(49)50-23-51-46(44)55)70-34-19-41(67-36(34)21-57)63-16-4-7-25-12-13-31-29-10-2-6-26-5-1-9-28(42(26)29)30-11-3-8-27(25)43(30)31/h1-3,5-6,8-15,23-24,32-37,39-41,56-57H,4,7,16-22H2,(H2,48,53,58)(H2,49,50,51)(H2,59,60,61)/t32-,33-,34-,35+,36+,37+,39+,40+,41+,72?/m0/s1. The van der Waals surface area contributed by atoms with Gasteiger partial charge in [-0.3, -0.25) is 27.2 Å². The van der Waals surface area contributed by atoms with E-state index in [1.54, 1.807) is 0 Å². The van der Waals surface area contributed by atoms with Gasteiger partial charge in [-0.25, -0.2) is 28.9 Å². The molecule has 25 heteroatoms. The van der Waals surface area contributed by atoms with Crippen LogP contribution in [0.25, 0.3) is 54.3 Å². The van der Waals surface area contributed by atoms with Crippen LogP contribution in [0.5, 0.6) is 0 Å². The van der Waals surface area contributed by atoms with Crippen LogP contribution in [-0.4, -0.2) is 118 Å². The number of phosphoric ester groups is 2. The second kappa shape index (κ2) is 19.7. The van der Waals surface area contributed by atoms with E-state index >= 15 is 4.57 Å². The molecule has 0 radical (unpaired) electrons. The average Bonchev–Trinajstić information content (AvgIpc) is 4.16. The molecule has 5 aromatic carbocycles. The van der Waals surface area contributed by atoms with Gasteiger partial charge in [-0.05, 0) is 67.6 Å². The molecule has 6 heterocycles.